The van der Waals surface area contributed by atoms with Crippen molar-refractivity contribution in [2.24, 2.45) is 5.92 Å². The van der Waals surface area contributed by atoms with Gasteiger partial charge in [-0.3, -0.25) is 0 Å². The number of hydrogen-bond acceptors (Lipinski definition) is 0. The van der Waals surface area contributed by atoms with E-state index in [-0.39, 0.29) is 0 Å². The summed E-state index contributed by atoms with van der Waals surface area (Å²) >= 11 is 0. The SMILES string of the molecule is C=C(C)CC.CCCCCC(C)CC. The molecule has 0 bridgehead atoms. The maximum absolute atomic E-state index is 3.67. The lowest BCUT2D eigenvalue weighted by Gasteiger charge is -2.05. The third-order valence-electron chi connectivity index (χ3n) is 2.60. The number of allylic oxidation sites excluding steroid dienone is 1. The average Bonchev–Trinajstić information content (AvgIpc) is 2.19. The molecular weight excluding hydrogens is 168 g/mol. The van der Waals surface area contributed by atoms with Crippen molar-refractivity contribution in [2.75, 3.05) is 0 Å². The summed E-state index contributed by atoms with van der Waals surface area (Å²) in [5.41, 5.74) is 1.25. The Balaban J connectivity index is 0. The quantitative estimate of drug-likeness (QED) is 0.386. The van der Waals surface area contributed by atoms with Gasteiger partial charge in [0.1, 0.15) is 0 Å². The second-order valence-electron chi connectivity index (χ2n) is 4.32. The number of hydrogen-bond donors (Lipinski definition) is 0. The van der Waals surface area contributed by atoms with Gasteiger partial charge in [0.15, 0.2) is 0 Å². The monoisotopic (exact) mass is 198 g/mol. The predicted molar refractivity (Wildman–Crippen MR) is 68.7 cm³/mol. The largest absolute Gasteiger partial charge is 0.100 e. The number of unbranched alkanes of at least 4 members (excludes halogenated alkanes) is 2. The van der Waals surface area contributed by atoms with Gasteiger partial charge < -0.3 is 0 Å². The molecule has 0 aromatic heterocycles. The Hall–Kier alpha value is -0.260. The summed E-state index contributed by atoms with van der Waals surface area (Å²) < 4.78 is 0. The Morgan fingerprint density at radius 1 is 1.14 bits per heavy atom. The van der Waals surface area contributed by atoms with Crippen molar-refractivity contribution in [1.82, 2.24) is 0 Å². The molecule has 14 heavy (non-hydrogen) atoms. The lowest BCUT2D eigenvalue weighted by atomic mass is 10.0. The van der Waals surface area contributed by atoms with Crippen molar-refractivity contribution >= 4 is 0 Å². The molecule has 0 aromatic carbocycles. The van der Waals surface area contributed by atoms with Crippen LogP contribution in [0.1, 0.15) is 73.1 Å². The van der Waals surface area contributed by atoms with E-state index in [0.29, 0.717) is 0 Å². The first kappa shape index (κ1) is 16.2. The molecule has 0 heteroatoms. The van der Waals surface area contributed by atoms with Gasteiger partial charge in [-0.05, 0) is 19.3 Å². The van der Waals surface area contributed by atoms with Crippen LogP contribution in [0, 0.1) is 5.92 Å². The zero-order chi connectivity index (χ0) is 11.4. The highest BCUT2D eigenvalue weighted by atomic mass is 14.0. The fraction of sp³-hybridized carbons (Fsp3) is 0.857. The van der Waals surface area contributed by atoms with Gasteiger partial charge in [-0.1, -0.05) is 65.4 Å². The summed E-state index contributed by atoms with van der Waals surface area (Å²) in [5, 5.41) is 0. The van der Waals surface area contributed by atoms with Crippen LogP contribution in [-0.4, -0.2) is 0 Å². The standard InChI is InChI=1S/C9H20.C5H10/c1-4-6-7-8-9(3)5-2;1-4-5(2)3/h9H,4-8H2,1-3H3;2,4H2,1,3H3. The average molecular weight is 198 g/mol. The molecule has 0 nitrogen and oxygen atoms in total. The summed E-state index contributed by atoms with van der Waals surface area (Å²) in [7, 11) is 0. The summed E-state index contributed by atoms with van der Waals surface area (Å²) in [6.45, 7) is 14.7. The highest BCUT2D eigenvalue weighted by Crippen LogP contribution is 2.11. The van der Waals surface area contributed by atoms with Gasteiger partial charge in [0, 0.05) is 0 Å². The fourth-order valence-corrected chi connectivity index (χ4v) is 0.947. The Morgan fingerprint density at radius 3 is 1.93 bits per heavy atom. The highest BCUT2D eigenvalue weighted by Gasteiger charge is 1.95. The van der Waals surface area contributed by atoms with E-state index in [2.05, 4.69) is 34.3 Å². The second kappa shape index (κ2) is 12.7. The summed E-state index contributed by atoms with van der Waals surface area (Å²) in [6, 6.07) is 0. The van der Waals surface area contributed by atoms with Crippen molar-refractivity contribution in [2.45, 2.75) is 73.1 Å². The summed E-state index contributed by atoms with van der Waals surface area (Å²) in [5.74, 6) is 0.955. The number of rotatable bonds is 6. The molecule has 0 aliphatic heterocycles. The Bertz CT molecular complexity index is 113. The topological polar surface area (TPSA) is 0 Å². The molecule has 1 unspecified atom stereocenters. The molecule has 0 aliphatic rings. The van der Waals surface area contributed by atoms with E-state index in [1.165, 1.54) is 37.7 Å². The van der Waals surface area contributed by atoms with Crippen LogP contribution >= 0.6 is 0 Å². The molecule has 0 N–H and O–H groups in total. The minimum atomic E-state index is 0.955. The van der Waals surface area contributed by atoms with Gasteiger partial charge >= 0.3 is 0 Å². The van der Waals surface area contributed by atoms with Gasteiger partial charge in [0.25, 0.3) is 0 Å². The van der Waals surface area contributed by atoms with Crippen LogP contribution in [0.5, 0.6) is 0 Å². The smallest absolute Gasteiger partial charge is 0.0354 e. The van der Waals surface area contributed by atoms with Crippen LogP contribution < -0.4 is 0 Å². The van der Waals surface area contributed by atoms with Gasteiger partial charge in [-0.2, -0.15) is 0 Å². The third kappa shape index (κ3) is 17.7. The predicted octanol–water partition coefficient (Wildman–Crippen LogP) is 5.59. The summed E-state index contributed by atoms with van der Waals surface area (Å²) in [6.07, 6.45) is 8.11. The molecule has 0 saturated carbocycles. The lowest BCUT2D eigenvalue weighted by Crippen LogP contribution is -1.90. The van der Waals surface area contributed by atoms with Crippen LogP contribution in [0.2, 0.25) is 0 Å². The fourth-order valence-electron chi connectivity index (χ4n) is 0.947. The molecule has 0 heterocycles. The van der Waals surface area contributed by atoms with Crippen molar-refractivity contribution in [1.29, 1.82) is 0 Å². The van der Waals surface area contributed by atoms with Crippen molar-refractivity contribution in [3.05, 3.63) is 12.2 Å². The molecule has 0 saturated heterocycles. The molecule has 0 radical (unpaired) electrons. The van der Waals surface area contributed by atoms with E-state index in [4.69, 9.17) is 0 Å². The first-order valence-electron chi connectivity index (χ1n) is 6.22. The molecule has 0 amide bonds. The zero-order valence-electron chi connectivity index (χ0n) is 11.0. The highest BCUT2D eigenvalue weighted by molar-refractivity contribution is 4.84. The molecule has 0 rings (SSSR count). The van der Waals surface area contributed by atoms with Crippen LogP contribution in [0.25, 0.3) is 0 Å². The Kier molecular flexibility index (Phi) is 14.7. The van der Waals surface area contributed by atoms with Gasteiger partial charge in [0.2, 0.25) is 0 Å². The van der Waals surface area contributed by atoms with Crippen LogP contribution in [0.3, 0.4) is 0 Å². The van der Waals surface area contributed by atoms with Crippen molar-refractivity contribution in [3.8, 4) is 0 Å². The Labute approximate surface area is 91.8 Å². The third-order valence-corrected chi connectivity index (χ3v) is 2.60. The van der Waals surface area contributed by atoms with Crippen LogP contribution in [0.15, 0.2) is 12.2 Å². The van der Waals surface area contributed by atoms with E-state index >= 15 is 0 Å². The van der Waals surface area contributed by atoms with Gasteiger partial charge in [-0.25, -0.2) is 0 Å². The van der Waals surface area contributed by atoms with E-state index < -0.39 is 0 Å². The molecular formula is C14H30. The van der Waals surface area contributed by atoms with Gasteiger partial charge in [0.05, 0.1) is 0 Å². The van der Waals surface area contributed by atoms with Crippen molar-refractivity contribution < 1.29 is 0 Å². The minimum absolute atomic E-state index is 0.955. The first-order valence-corrected chi connectivity index (χ1v) is 6.22. The Morgan fingerprint density at radius 2 is 1.64 bits per heavy atom. The lowest BCUT2D eigenvalue weighted by molar-refractivity contribution is 0.482. The normalized spacial score (nSPS) is 11.5. The maximum atomic E-state index is 3.67. The van der Waals surface area contributed by atoms with E-state index in [1.807, 2.05) is 6.92 Å². The summed E-state index contributed by atoms with van der Waals surface area (Å²) in [4.78, 5) is 0. The van der Waals surface area contributed by atoms with Crippen LogP contribution in [-0.2, 0) is 0 Å². The molecule has 0 fully saturated rings. The van der Waals surface area contributed by atoms with Crippen molar-refractivity contribution in [3.63, 3.8) is 0 Å². The molecule has 0 aliphatic carbocycles. The molecule has 0 spiro atoms. The van der Waals surface area contributed by atoms with E-state index in [1.54, 1.807) is 0 Å². The maximum Gasteiger partial charge on any atom is -0.0354 e. The minimum Gasteiger partial charge on any atom is -0.100 e. The molecule has 1 atom stereocenters. The molecule has 86 valence electrons. The van der Waals surface area contributed by atoms with Gasteiger partial charge in [-0.15, -0.1) is 6.58 Å². The second-order valence-corrected chi connectivity index (χ2v) is 4.32. The van der Waals surface area contributed by atoms with Crippen LogP contribution in [0.4, 0.5) is 0 Å². The zero-order valence-corrected chi connectivity index (χ0v) is 11.0. The van der Waals surface area contributed by atoms with E-state index in [0.717, 1.165) is 12.3 Å². The molecule has 0 aromatic rings. The van der Waals surface area contributed by atoms with E-state index in [9.17, 15) is 0 Å². The first-order chi connectivity index (χ1) is 6.58.